The first-order valence-corrected chi connectivity index (χ1v) is 8.54. The minimum atomic E-state index is -1.28. The third-order valence-corrected chi connectivity index (χ3v) is 4.30. The van der Waals surface area contributed by atoms with Gasteiger partial charge >= 0.3 is 5.97 Å². The van der Waals surface area contributed by atoms with E-state index in [1.807, 2.05) is 0 Å². The predicted octanol–water partition coefficient (Wildman–Crippen LogP) is 2.50. The Morgan fingerprint density at radius 2 is 2.00 bits per heavy atom. The first-order chi connectivity index (χ1) is 12.2. The van der Waals surface area contributed by atoms with Crippen LogP contribution in [-0.2, 0) is 16.1 Å². The van der Waals surface area contributed by atoms with Crippen molar-refractivity contribution < 1.29 is 18.7 Å². The van der Waals surface area contributed by atoms with Crippen molar-refractivity contribution in [3.8, 4) is 5.75 Å². The minimum absolute atomic E-state index is 0.110. The lowest BCUT2D eigenvalue weighted by atomic mass is 10.1. The summed E-state index contributed by atoms with van der Waals surface area (Å²) >= 11 is 1.16. The number of ether oxygens (including phenoxy) is 2. The molecule has 0 fully saturated rings. The van der Waals surface area contributed by atoms with Crippen LogP contribution in [0.1, 0.15) is 24.5 Å². The van der Waals surface area contributed by atoms with Gasteiger partial charge in [-0.1, -0.05) is 11.3 Å². The Morgan fingerprint density at radius 3 is 2.69 bits per heavy atom. The van der Waals surface area contributed by atoms with Gasteiger partial charge in [-0.05, 0) is 45.0 Å². The van der Waals surface area contributed by atoms with Gasteiger partial charge in [0.25, 0.3) is 5.56 Å². The van der Waals surface area contributed by atoms with Gasteiger partial charge in [-0.25, -0.2) is 14.2 Å². The average molecular weight is 377 g/mol. The van der Waals surface area contributed by atoms with Crippen LogP contribution in [0.3, 0.4) is 0 Å². The molecule has 2 heterocycles. The highest BCUT2D eigenvalue weighted by Gasteiger charge is 2.32. The van der Waals surface area contributed by atoms with Crippen molar-refractivity contribution in [2.75, 3.05) is 0 Å². The van der Waals surface area contributed by atoms with Crippen LogP contribution < -0.4 is 10.3 Å². The second-order valence-corrected chi connectivity index (χ2v) is 7.11. The molecule has 0 saturated heterocycles. The zero-order valence-electron chi connectivity index (χ0n) is 14.4. The molecule has 3 rings (SSSR count). The summed E-state index contributed by atoms with van der Waals surface area (Å²) in [4.78, 5) is 28.8. The summed E-state index contributed by atoms with van der Waals surface area (Å²) in [5.41, 5.74) is -0.975. The number of esters is 1. The molecule has 136 valence electrons. The maximum absolute atomic E-state index is 12.9. The van der Waals surface area contributed by atoms with Gasteiger partial charge in [-0.2, -0.15) is 9.61 Å². The van der Waals surface area contributed by atoms with Crippen LogP contribution in [-0.4, -0.2) is 26.2 Å². The van der Waals surface area contributed by atoms with E-state index in [1.54, 1.807) is 20.8 Å². The predicted molar refractivity (Wildman–Crippen MR) is 92.8 cm³/mol. The zero-order valence-corrected chi connectivity index (χ0v) is 15.2. The van der Waals surface area contributed by atoms with Crippen LogP contribution in [0.5, 0.6) is 5.75 Å². The number of aryl methyl sites for hydroxylation is 1. The molecule has 0 amide bonds. The number of hydrogen-bond acceptors (Lipinski definition) is 7. The van der Waals surface area contributed by atoms with Crippen molar-refractivity contribution in [1.82, 2.24) is 14.6 Å². The highest BCUT2D eigenvalue weighted by molar-refractivity contribution is 7.16. The lowest BCUT2D eigenvalue weighted by molar-refractivity contribution is -0.160. The number of carbonyl (C=O) groups excluding carboxylic acids is 1. The molecule has 7 nitrogen and oxygen atoms in total. The van der Waals surface area contributed by atoms with Gasteiger partial charge in [-0.3, -0.25) is 4.79 Å². The van der Waals surface area contributed by atoms with Crippen LogP contribution in [0.25, 0.3) is 4.96 Å². The summed E-state index contributed by atoms with van der Waals surface area (Å²) in [6.45, 7) is 4.70. The van der Waals surface area contributed by atoms with E-state index in [4.69, 9.17) is 9.47 Å². The van der Waals surface area contributed by atoms with Gasteiger partial charge in [0.05, 0.1) is 0 Å². The highest BCUT2D eigenvalue weighted by atomic mass is 32.1. The van der Waals surface area contributed by atoms with Crippen LogP contribution >= 0.6 is 11.3 Å². The van der Waals surface area contributed by atoms with E-state index in [0.717, 1.165) is 11.3 Å². The van der Waals surface area contributed by atoms with Crippen molar-refractivity contribution in [3.63, 3.8) is 0 Å². The van der Waals surface area contributed by atoms with Gasteiger partial charge < -0.3 is 9.47 Å². The van der Waals surface area contributed by atoms with Crippen LogP contribution in [0, 0.1) is 12.7 Å². The number of rotatable bonds is 5. The normalized spacial score (nSPS) is 11.5. The summed E-state index contributed by atoms with van der Waals surface area (Å²) in [5, 5.41) is 4.54. The first kappa shape index (κ1) is 18.0. The van der Waals surface area contributed by atoms with Crippen molar-refractivity contribution in [1.29, 1.82) is 0 Å². The summed E-state index contributed by atoms with van der Waals surface area (Å²) in [5.74, 6) is -0.662. The summed E-state index contributed by atoms with van der Waals surface area (Å²) in [6, 6.07) is 6.72. The molecule has 9 heteroatoms. The number of halogens is 1. The fourth-order valence-electron chi connectivity index (χ4n) is 2.16. The van der Waals surface area contributed by atoms with Crippen LogP contribution in [0.15, 0.2) is 35.1 Å². The fourth-order valence-corrected chi connectivity index (χ4v) is 3.02. The Bertz CT molecular complexity index is 1010. The molecule has 1 aromatic carbocycles. The van der Waals surface area contributed by atoms with Gasteiger partial charge in [0.2, 0.25) is 4.96 Å². The summed E-state index contributed by atoms with van der Waals surface area (Å²) in [7, 11) is 0. The highest BCUT2D eigenvalue weighted by Crippen LogP contribution is 2.21. The van der Waals surface area contributed by atoms with E-state index in [9.17, 15) is 14.0 Å². The number of nitrogens with zero attached hydrogens (tertiary/aromatic N) is 3. The Hall–Kier alpha value is -2.81. The van der Waals surface area contributed by atoms with Gasteiger partial charge in [0.15, 0.2) is 10.6 Å². The maximum Gasteiger partial charge on any atom is 0.350 e. The summed E-state index contributed by atoms with van der Waals surface area (Å²) in [6.07, 6.45) is 0. The molecule has 0 bridgehead atoms. The molecule has 26 heavy (non-hydrogen) atoms. The Labute approximate surface area is 152 Å². The van der Waals surface area contributed by atoms with E-state index in [0.29, 0.717) is 21.4 Å². The molecule has 0 aliphatic heterocycles. The van der Waals surface area contributed by atoms with Crippen molar-refractivity contribution in [3.05, 3.63) is 57.2 Å². The van der Waals surface area contributed by atoms with Crippen molar-refractivity contribution in [2.45, 2.75) is 33.0 Å². The molecule has 0 aliphatic rings. The standard InChI is InChI=1S/C17H16FN3O4S/c1-10-8-14(22)21-16(19-10)26-13(20-21)9-24-15(23)17(2,3)25-12-6-4-11(18)5-7-12/h4-8H,9H2,1-3H3. The molecule has 0 unspecified atom stereocenters. The second kappa shape index (κ2) is 6.83. The number of fused-ring (bicyclic) bond motifs is 1. The third-order valence-electron chi connectivity index (χ3n) is 3.42. The molecule has 0 radical (unpaired) electrons. The first-order valence-electron chi connectivity index (χ1n) is 7.73. The number of carbonyl (C=O) groups is 1. The quantitative estimate of drug-likeness (QED) is 0.636. The van der Waals surface area contributed by atoms with E-state index in [1.165, 1.54) is 34.8 Å². The average Bonchev–Trinajstić information content (AvgIpc) is 2.97. The SMILES string of the molecule is Cc1cc(=O)n2nc(COC(=O)C(C)(C)Oc3ccc(F)cc3)sc2n1. The van der Waals surface area contributed by atoms with E-state index < -0.39 is 17.4 Å². The summed E-state index contributed by atoms with van der Waals surface area (Å²) < 4.78 is 24.9. The number of benzene rings is 1. The maximum atomic E-state index is 12.9. The molecule has 2 aromatic heterocycles. The molecule has 3 aromatic rings. The third kappa shape index (κ3) is 3.88. The van der Waals surface area contributed by atoms with Crippen LogP contribution in [0.2, 0.25) is 0 Å². The molecule has 0 N–H and O–H groups in total. The Balaban J connectivity index is 1.68. The minimum Gasteiger partial charge on any atom is -0.476 e. The molecule has 0 aliphatic carbocycles. The smallest absolute Gasteiger partial charge is 0.350 e. The lowest BCUT2D eigenvalue weighted by Gasteiger charge is -2.24. The number of hydrogen-bond donors (Lipinski definition) is 0. The Morgan fingerprint density at radius 1 is 1.31 bits per heavy atom. The van der Waals surface area contributed by atoms with Crippen LogP contribution in [0.4, 0.5) is 4.39 Å². The largest absolute Gasteiger partial charge is 0.476 e. The van der Waals surface area contributed by atoms with Crippen molar-refractivity contribution in [2.24, 2.45) is 0 Å². The Kier molecular flexibility index (Phi) is 4.73. The van der Waals surface area contributed by atoms with E-state index >= 15 is 0 Å². The van der Waals surface area contributed by atoms with Crippen molar-refractivity contribution >= 4 is 22.3 Å². The molecule has 0 spiro atoms. The fraction of sp³-hybridized carbons (Fsp3) is 0.294. The van der Waals surface area contributed by atoms with E-state index in [-0.39, 0.29) is 12.2 Å². The van der Waals surface area contributed by atoms with Gasteiger partial charge in [0.1, 0.15) is 18.2 Å². The topological polar surface area (TPSA) is 82.8 Å². The molecule has 0 atom stereocenters. The molecular formula is C17H16FN3O4S. The van der Waals surface area contributed by atoms with Gasteiger partial charge in [-0.15, -0.1) is 0 Å². The number of aromatic nitrogens is 3. The second-order valence-electron chi connectivity index (χ2n) is 6.07. The monoisotopic (exact) mass is 377 g/mol. The molecular weight excluding hydrogens is 361 g/mol. The molecule has 0 saturated carbocycles. The van der Waals surface area contributed by atoms with E-state index in [2.05, 4.69) is 10.1 Å². The zero-order chi connectivity index (χ0) is 18.9. The lowest BCUT2D eigenvalue weighted by Crippen LogP contribution is -2.39. The van der Waals surface area contributed by atoms with Gasteiger partial charge in [0, 0.05) is 11.8 Å².